The third-order valence-electron chi connectivity index (χ3n) is 4.93. The molecule has 0 spiro atoms. The predicted molar refractivity (Wildman–Crippen MR) is 121 cm³/mol. The molecule has 0 amide bonds. The summed E-state index contributed by atoms with van der Waals surface area (Å²) in [5.41, 5.74) is 2.30. The van der Waals surface area contributed by atoms with E-state index in [0.717, 1.165) is 11.1 Å². The van der Waals surface area contributed by atoms with Crippen LogP contribution >= 0.6 is 0 Å². The average Bonchev–Trinajstić information content (AvgIpc) is 2.76. The van der Waals surface area contributed by atoms with Crippen molar-refractivity contribution in [2.75, 3.05) is 13.2 Å². The van der Waals surface area contributed by atoms with Gasteiger partial charge >= 0.3 is 5.97 Å². The highest BCUT2D eigenvalue weighted by atomic mass is 19.3. The lowest BCUT2D eigenvalue weighted by Crippen LogP contribution is -2.07. The van der Waals surface area contributed by atoms with Gasteiger partial charge in [0.1, 0.15) is 11.5 Å². The number of alkyl halides is 2. The first-order chi connectivity index (χ1) is 15.8. The second-order valence-corrected chi connectivity index (χ2v) is 7.60. The summed E-state index contributed by atoms with van der Waals surface area (Å²) in [4.78, 5) is 10.8. The third kappa shape index (κ3) is 6.94. The molecule has 5 nitrogen and oxygen atoms in total. The number of carboxylic acid groups (broad SMARTS) is 1. The Morgan fingerprint density at radius 3 is 2.21 bits per heavy atom. The van der Waals surface area contributed by atoms with E-state index in [-0.39, 0.29) is 17.7 Å². The van der Waals surface area contributed by atoms with Gasteiger partial charge in [0.15, 0.2) is 11.5 Å². The summed E-state index contributed by atoms with van der Waals surface area (Å²) in [6.07, 6.45) is -2.10. The molecule has 0 bridgehead atoms. The minimum Gasteiger partial charge on any atom is -0.493 e. The van der Waals surface area contributed by atoms with Crippen LogP contribution in [0.5, 0.6) is 23.0 Å². The predicted octanol–water partition coefficient (Wildman–Crippen LogP) is 6.51. The number of ether oxygens (including phenoxy) is 3. The molecule has 7 heteroatoms. The van der Waals surface area contributed by atoms with E-state index in [1.807, 2.05) is 32.0 Å². The molecule has 0 aliphatic carbocycles. The van der Waals surface area contributed by atoms with Crippen LogP contribution in [0.1, 0.15) is 35.1 Å². The molecule has 0 saturated heterocycles. The van der Waals surface area contributed by atoms with Crippen LogP contribution in [0.3, 0.4) is 0 Å². The number of hydrogen-bond acceptors (Lipinski definition) is 4. The first-order valence-electron chi connectivity index (χ1n) is 10.6. The molecule has 0 unspecified atom stereocenters. The van der Waals surface area contributed by atoms with Gasteiger partial charge in [0.25, 0.3) is 6.43 Å². The van der Waals surface area contributed by atoms with Crippen LogP contribution in [0.15, 0.2) is 60.7 Å². The molecule has 3 rings (SSSR count). The Morgan fingerprint density at radius 2 is 1.55 bits per heavy atom. The lowest BCUT2D eigenvalue weighted by Gasteiger charge is -2.15. The molecule has 0 atom stereocenters. The Balaban J connectivity index is 1.58. The van der Waals surface area contributed by atoms with Gasteiger partial charge in [-0.2, -0.15) is 0 Å². The van der Waals surface area contributed by atoms with Crippen LogP contribution in [0.4, 0.5) is 8.78 Å². The Labute approximate surface area is 191 Å². The zero-order valence-electron chi connectivity index (χ0n) is 18.5. The fraction of sp³-hybridized carbons (Fsp3) is 0.269. The van der Waals surface area contributed by atoms with Crippen LogP contribution in [-0.4, -0.2) is 24.3 Å². The number of benzene rings is 3. The van der Waals surface area contributed by atoms with Crippen molar-refractivity contribution >= 4 is 5.97 Å². The second-order valence-electron chi connectivity index (χ2n) is 7.60. The number of aryl methyl sites for hydroxylation is 2. The zero-order chi connectivity index (χ0) is 23.8. The molecule has 0 aliphatic heterocycles. The molecule has 0 heterocycles. The average molecular weight is 456 g/mol. The highest BCUT2D eigenvalue weighted by molar-refractivity contribution is 5.70. The molecule has 3 aromatic carbocycles. The van der Waals surface area contributed by atoms with Crippen LogP contribution in [0, 0.1) is 13.8 Å². The molecule has 0 fully saturated rings. The molecule has 3 aromatic rings. The van der Waals surface area contributed by atoms with Crippen molar-refractivity contribution in [3.8, 4) is 23.0 Å². The number of hydrogen-bond donors (Lipinski definition) is 1. The Hall–Kier alpha value is -3.61. The SMILES string of the molecule is Cc1cc(CC(=O)O)ccc1OCCCOc1ccc(C(F)F)cc1Oc1ccccc1C. The summed E-state index contributed by atoms with van der Waals surface area (Å²) < 4.78 is 43.8. The van der Waals surface area contributed by atoms with E-state index in [4.69, 9.17) is 19.3 Å². The lowest BCUT2D eigenvalue weighted by molar-refractivity contribution is -0.136. The molecule has 1 N–H and O–H groups in total. The zero-order valence-corrected chi connectivity index (χ0v) is 18.5. The van der Waals surface area contributed by atoms with Gasteiger partial charge < -0.3 is 19.3 Å². The molecule has 174 valence electrons. The second kappa shape index (κ2) is 11.3. The summed E-state index contributed by atoms with van der Waals surface area (Å²) >= 11 is 0. The van der Waals surface area contributed by atoms with Gasteiger partial charge in [-0.1, -0.05) is 30.3 Å². The van der Waals surface area contributed by atoms with E-state index in [1.54, 1.807) is 24.3 Å². The van der Waals surface area contributed by atoms with Crippen molar-refractivity contribution in [2.45, 2.75) is 33.1 Å². The maximum Gasteiger partial charge on any atom is 0.307 e. The smallest absolute Gasteiger partial charge is 0.307 e. The van der Waals surface area contributed by atoms with Gasteiger partial charge in [-0.3, -0.25) is 4.79 Å². The van der Waals surface area contributed by atoms with E-state index in [1.165, 1.54) is 18.2 Å². The lowest BCUT2D eigenvalue weighted by atomic mass is 10.1. The maximum absolute atomic E-state index is 13.2. The van der Waals surface area contributed by atoms with Crippen molar-refractivity contribution in [3.63, 3.8) is 0 Å². The minimum absolute atomic E-state index is 0.0355. The van der Waals surface area contributed by atoms with Gasteiger partial charge in [0, 0.05) is 12.0 Å². The number of rotatable bonds is 11. The fourth-order valence-electron chi connectivity index (χ4n) is 3.23. The molecular weight excluding hydrogens is 430 g/mol. The number of aliphatic carboxylic acids is 1. The molecule has 0 saturated carbocycles. The van der Waals surface area contributed by atoms with Gasteiger partial charge in [-0.25, -0.2) is 8.78 Å². The van der Waals surface area contributed by atoms with Crippen molar-refractivity contribution in [1.29, 1.82) is 0 Å². The monoisotopic (exact) mass is 456 g/mol. The largest absolute Gasteiger partial charge is 0.493 e. The van der Waals surface area contributed by atoms with Crippen LogP contribution < -0.4 is 14.2 Å². The molecule has 33 heavy (non-hydrogen) atoms. The molecular formula is C26H26F2O5. The fourth-order valence-corrected chi connectivity index (χ4v) is 3.23. The number of carboxylic acids is 1. The summed E-state index contributed by atoms with van der Waals surface area (Å²) in [5, 5.41) is 8.89. The molecule has 0 radical (unpaired) electrons. The standard InChI is InChI=1S/C26H26F2O5/c1-17-6-3-4-7-22(17)33-24-16-20(26(27)28)9-11-23(24)32-13-5-12-31-21-10-8-19(14-18(21)2)15-25(29)30/h3-4,6-11,14,16,26H,5,12-13,15H2,1-2H3,(H,29,30). The highest BCUT2D eigenvalue weighted by Gasteiger charge is 2.14. The van der Waals surface area contributed by atoms with Crippen LogP contribution in [0.25, 0.3) is 0 Å². The van der Waals surface area contributed by atoms with Crippen molar-refractivity contribution in [1.82, 2.24) is 0 Å². The van der Waals surface area contributed by atoms with Crippen LogP contribution in [0.2, 0.25) is 0 Å². The molecule has 0 aromatic heterocycles. The first kappa shape index (κ1) is 24.0. The Kier molecular flexibility index (Phi) is 8.24. The van der Waals surface area contributed by atoms with E-state index in [0.29, 0.717) is 42.4 Å². The highest BCUT2D eigenvalue weighted by Crippen LogP contribution is 2.36. The topological polar surface area (TPSA) is 65.0 Å². The van der Waals surface area contributed by atoms with E-state index in [2.05, 4.69) is 0 Å². The Morgan fingerprint density at radius 1 is 0.848 bits per heavy atom. The van der Waals surface area contributed by atoms with E-state index < -0.39 is 12.4 Å². The van der Waals surface area contributed by atoms with Gasteiger partial charge in [-0.05, 0) is 60.9 Å². The van der Waals surface area contributed by atoms with E-state index >= 15 is 0 Å². The molecule has 0 aliphatic rings. The maximum atomic E-state index is 13.2. The number of carbonyl (C=O) groups is 1. The van der Waals surface area contributed by atoms with Crippen molar-refractivity contribution < 1.29 is 32.9 Å². The summed E-state index contributed by atoms with van der Waals surface area (Å²) in [6, 6.07) is 16.7. The summed E-state index contributed by atoms with van der Waals surface area (Å²) in [7, 11) is 0. The van der Waals surface area contributed by atoms with Gasteiger partial charge in [-0.15, -0.1) is 0 Å². The number of para-hydroxylation sites is 1. The number of halogens is 2. The van der Waals surface area contributed by atoms with Crippen molar-refractivity contribution in [2.24, 2.45) is 0 Å². The van der Waals surface area contributed by atoms with Crippen molar-refractivity contribution in [3.05, 3.63) is 82.9 Å². The normalized spacial score (nSPS) is 10.8. The van der Waals surface area contributed by atoms with E-state index in [9.17, 15) is 13.6 Å². The van der Waals surface area contributed by atoms with Gasteiger partial charge in [0.2, 0.25) is 0 Å². The quantitative estimate of drug-likeness (QED) is 0.333. The Bertz CT molecular complexity index is 1100. The summed E-state index contributed by atoms with van der Waals surface area (Å²) in [5.74, 6) is 0.963. The first-order valence-corrected chi connectivity index (χ1v) is 10.6. The van der Waals surface area contributed by atoms with Gasteiger partial charge in [0.05, 0.1) is 19.6 Å². The third-order valence-corrected chi connectivity index (χ3v) is 4.93. The summed E-state index contributed by atoms with van der Waals surface area (Å²) in [6.45, 7) is 4.41. The van der Waals surface area contributed by atoms with Crippen LogP contribution in [-0.2, 0) is 11.2 Å². The minimum atomic E-state index is -2.61.